The molecule has 21 heavy (non-hydrogen) atoms. The zero-order valence-corrected chi connectivity index (χ0v) is 12.8. The number of hydrogen-bond acceptors (Lipinski definition) is 3. The number of hydrogen-bond donors (Lipinski definition) is 2. The summed E-state index contributed by atoms with van der Waals surface area (Å²) in [5, 5.41) is 12.9. The van der Waals surface area contributed by atoms with Crippen LogP contribution in [-0.4, -0.2) is 33.6 Å². The van der Waals surface area contributed by atoms with Crippen LogP contribution in [0, 0.1) is 0 Å². The molecule has 1 aliphatic heterocycles. The first-order valence-corrected chi connectivity index (χ1v) is 7.80. The highest BCUT2D eigenvalue weighted by Gasteiger charge is 2.40. The fourth-order valence-electron chi connectivity index (χ4n) is 3.28. The number of benzene rings is 1. The highest BCUT2D eigenvalue weighted by atomic mass is 16.4. The second-order valence-corrected chi connectivity index (χ2v) is 6.78. The summed E-state index contributed by atoms with van der Waals surface area (Å²) in [6.45, 7) is 5.82. The van der Waals surface area contributed by atoms with Gasteiger partial charge in [0.2, 0.25) is 0 Å². The molecule has 1 heterocycles. The zero-order chi connectivity index (χ0) is 15.0. The molecule has 4 heteroatoms. The molecule has 2 unspecified atom stereocenters. The lowest BCUT2D eigenvalue weighted by Crippen LogP contribution is -2.53. The van der Waals surface area contributed by atoms with Gasteiger partial charge in [-0.25, -0.2) is 0 Å². The standard InChI is InChI=1S/C17H24N2O2/c1-12(9-17(2,16(20)21)18-15-7-8-15)19-10-13-5-3-4-6-14(13)11-19/h3-6,12,15,18H,7-11H2,1-2H3,(H,20,21). The van der Waals surface area contributed by atoms with E-state index in [1.54, 1.807) is 0 Å². The van der Waals surface area contributed by atoms with Gasteiger partial charge < -0.3 is 5.11 Å². The lowest BCUT2D eigenvalue weighted by Gasteiger charge is -2.33. The average Bonchev–Trinajstić information content (AvgIpc) is 3.13. The van der Waals surface area contributed by atoms with Crippen LogP contribution in [-0.2, 0) is 17.9 Å². The van der Waals surface area contributed by atoms with Gasteiger partial charge >= 0.3 is 5.97 Å². The van der Waals surface area contributed by atoms with Crippen molar-refractivity contribution in [1.29, 1.82) is 0 Å². The summed E-state index contributed by atoms with van der Waals surface area (Å²) in [6, 6.07) is 9.12. The Balaban J connectivity index is 1.65. The van der Waals surface area contributed by atoms with Gasteiger partial charge in [0.25, 0.3) is 0 Å². The number of carboxylic acids is 1. The van der Waals surface area contributed by atoms with E-state index in [0.29, 0.717) is 12.5 Å². The van der Waals surface area contributed by atoms with Crippen LogP contribution in [0.4, 0.5) is 0 Å². The Hall–Kier alpha value is -1.39. The number of aliphatic carboxylic acids is 1. The summed E-state index contributed by atoms with van der Waals surface area (Å²) in [6.07, 6.45) is 2.84. The van der Waals surface area contributed by atoms with Gasteiger partial charge in [0, 0.05) is 25.2 Å². The van der Waals surface area contributed by atoms with E-state index in [2.05, 4.69) is 41.4 Å². The highest BCUT2D eigenvalue weighted by Crippen LogP contribution is 2.29. The lowest BCUT2D eigenvalue weighted by molar-refractivity contribution is -0.145. The van der Waals surface area contributed by atoms with E-state index in [4.69, 9.17) is 0 Å². The van der Waals surface area contributed by atoms with Crippen molar-refractivity contribution in [2.75, 3.05) is 0 Å². The van der Waals surface area contributed by atoms with Gasteiger partial charge in [-0.1, -0.05) is 24.3 Å². The number of carbonyl (C=O) groups is 1. The predicted molar refractivity (Wildman–Crippen MR) is 82.0 cm³/mol. The van der Waals surface area contributed by atoms with Crippen LogP contribution in [0.25, 0.3) is 0 Å². The quantitative estimate of drug-likeness (QED) is 0.844. The maximum Gasteiger partial charge on any atom is 0.323 e. The van der Waals surface area contributed by atoms with Gasteiger partial charge in [0.15, 0.2) is 0 Å². The maximum atomic E-state index is 11.7. The van der Waals surface area contributed by atoms with Crippen LogP contribution in [0.2, 0.25) is 0 Å². The minimum atomic E-state index is -0.824. The molecule has 1 aromatic rings. The fourth-order valence-corrected chi connectivity index (χ4v) is 3.28. The normalized spacial score (nSPS) is 22.6. The first kappa shape index (κ1) is 14.5. The van der Waals surface area contributed by atoms with E-state index in [1.807, 2.05) is 6.92 Å². The molecule has 2 aliphatic rings. The van der Waals surface area contributed by atoms with Gasteiger partial charge in [-0.2, -0.15) is 0 Å². The molecular weight excluding hydrogens is 264 g/mol. The number of fused-ring (bicyclic) bond motifs is 1. The van der Waals surface area contributed by atoms with E-state index < -0.39 is 11.5 Å². The summed E-state index contributed by atoms with van der Waals surface area (Å²) in [5.41, 5.74) is 1.92. The monoisotopic (exact) mass is 288 g/mol. The maximum absolute atomic E-state index is 11.7. The molecule has 1 aliphatic carbocycles. The largest absolute Gasteiger partial charge is 0.480 e. The number of rotatable bonds is 6. The Labute approximate surface area is 126 Å². The van der Waals surface area contributed by atoms with Crippen molar-refractivity contribution in [2.24, 2.45) is 0 Å². The summed E-state index contributed by atoms with van der Waals surface area (Å²) in [5.74, 6) is -0.738. The lowest BCUT2D eigenvalue weighted by atomic mass is 9.92. The van der Waals surface area contributed by atoms with Gasteiger partial charge in [-0.15, -0.1) is 0 Å². The summed E-state index contributed by atoms with van der Waals surface area (Å²) in [7, 11) is 0. The van der Waals surface area contributed by atoms with E-state index in [-0.39, 0.29) is 6.04 Å². The summed E-state index contributed by atoms with van der Waals surface area (Å²) >= 11 is 0. The third kappa shape index (κ3) is 3.11. The molecular formula is C17H24N2O2. The molecule has 0 radical (unpaired) electrons. The van der Waals surface area contributed by atoms with Gasteiger partial charge in [-0.3, -0.25) is 15.0 Å². The molecule has 1 aromatic carbocycles. The van der Waals surface area contributed by atoms with Crippen LogP contribution < -0.4 is 5.32 Å². The first-order chi connectivity index (χ1) is 9.98. The van der Waals surface area contributed by atoms with Crippen molar-refractivity contribution in [3.63, 3.8) is 0 Å². The van der Waals surface area contributed by atoms with Crippen molar-refractivity contribution in [2.45, 2.75) is 63.8 Å². The van der Waals surface area contributed by atoms with Crippen LogP contribution in [0.1, 0.15) is 44.2 Å². The van der Waals surface area contributed by atoms with E-state index in [9.17, 15) is 9.90 Å². The molecule has 0 spiro atoms. The third-order valence-corrected chi connectivity index (χ3v) is 4.76. The van der Waals surface area contributed by atoms with Crippen molar-refractivity contribution < 1.29 is 9.90 Å². The summed E-state index contributed by atoms with van der Waals surface area (Å²) < 4.78 is 0. The molecule has 2 N–H and O–H groups in total. The molecule has 114 valence electrons. The minimum Gasteiger partial charge on any atom is -0.480 e. The minimum absolute atomic E-state index is 0.241. The second kappa shape index (κ2) is 5.43. The molecule has 0 saturated heterocycles. The number of nitrogens with zero attached hydrogens (tertiary/aromatic N) is 1. The van der Waals surface area contributed by atoms with Crippen molar-refractivity contribution in [3.05, 3.63) is 35.4 Å². The smallest absolute Gasteiger partial charge is 0.323 e. The van der Waals surface area contributed by atoms with Crippen LogP contribution >= 0.6 is 0 Å². The van der Waals surface area contributed by atoms with Crippen molar-refractivity contribution in [1.82, 2.24) is 10.2 Å². The van der Waals surface area contributed by atoms with E-state index in [1.165, 1.54) is 11.1 Å². The summed E-state index contributed by atoms with van der Waals surface area (Å²) in [4.78, 5) is 14.0. The Morgan fingerprint density at radius 1 is 1.38 bits per heavy atom. The number of carboxylic acid groups (broad SMARTS) is 1. The van der Waals surface area contributed by atoms with Crippen LogP contribution in [0.3, 0.4) is 0 Å². The van der Waals surface area contributed by atoms with Gasteiger partial charge in [-0.05, 0) is 44.2 Å². The Kier molecular flexibility index (Phi) is 3.76. The first-order valence-electron chi connectivity index (χ1n) is 7.80. The fraction of sp³-hybridized carbons (Fsp3) is 0.588. The Morgan fingerprint density at radius 3 is 2.43 bits per heavy atom. The molecule has 0 amide bonds. The van der Waals surface area contributed by atoms with Crippen molar-refractivity contribution in [3.8, 4) is 0 Å². The van der Waals surface area contributed by atoms with Crippen LogP contribution in [0.5, 0.6) is 0 Å². The van der Waals surface area contributed by atoms with Crippen LogP contribution in [0.15, 0.2) is 24.3 Å². The average molecular weight is 288 g/mol. The number of nitrogens with one attached hydrogen (secondary N) is 1. The van der Waals surface area contributed by atoms with E-state index in [0.717, 1.165) is 25.9 Å². The Morgan fingerprint density at radius 2 is 1.95 bits per heavy atom. The van der Waals surface area contributed by atoms with Crippen molar-refractivity contribution >= 4 is 5.97 Å². The molecule has 3 rings (SSSR count). The molecule has 1 fully saturated rings. The third-order valence-electron chi connectivity index (χ3n) is 4.76. The van der Waals surface area contributed by atoms with Gasteiger partial charge in [0.05, 0.1) is 0 Å². The predicted octanol–water partition coefficient (Wildman–Crippen LogP) is 2.38. The molecule has 0 bridgehead atoms. The highest BCUT2D eigenvalue weighted by molar-refractivity contribution is 5.78. The molecule has 2 atom stereocenters. The zero-order valence-electron chi connectivity index (χ0n) is 12.8. The molecule has 0 aromatic heterocycles. The topological polar surface area (TPSA) is 52.6 Å². The SMILES string of the molecule is CC(CC(C)(NC1CC1)C(=O)O)N1Cc2ccccc2C1. The Bertz CT molecular complexity index is 516. The van der Waals surface area contributed by atoms with E-state index >= 15 is 0 Å². The second-order valence-electron chi connectivity index (χ2n) is 6.78. The van der Waals surface area contributed by atoms with Gasteiger partial charge in [0.1, 0.15) is 5.54 Å². The molecule has 1 saturated carbocycles. The molecule has 4 nitrogen and oxygen atoms in total.